The molecule has 0 aliphatic rings. The minimum absolute atomic E-state index is 0.0652. The number of hydrogen-bond donors (Lipinski definition) is 0. The number of hydrogen-bond acceptors (Lipinski definition) is 6. The van der Waals surface area contributed by atoms with Gasteiger partial charge in [-0.25, -0.2) is 0 Å². The maximum atomic E-state index is 12.7. The first-order chi connectivity index (χ1) is 25.8. The average Bonchev–Trinajstić information content (AvgIpc) is 3.14. The molecule has 6 nitrogen and oxygen atoms in total. The molecule has 0 heterocycles. The highest BCUT2D eigenvalue weighted by molar-refractivity contribution is 5.71. The van der Waals surface area contributed by atoms with Crippen molar-refractivity contribution in [3.63, 3.8) is 0 Å². The summed E-state index contributed by atoms with van der Waals surface area (Å²) in [5.41, 5.74) is 0. The summed E-state index contributed by atoms with van der Waals surface area (Å²) in [7, 11) is 0. The summed E-state index contributed by atoms with van der Waals surface area (Å²) in [5.74, 6) is 0.782. The second-order valence-electron chi connectivity index (χ2n) is 16.8. The highest BCUT2D eigenvalue weighted by Crippen LogP contribution is 2.17. The first-order valence-corrected chi connectivity index (χ1v) is 23.3. The van der Waals surface area contributed by atoms with E-state index in [1.165, 1.54) is 141 Å². The molecule has 6 heteroatoms. The molecule has 314 valence electrons. The molecule has 0 spiro atoms. The molecule has 0 aromatic carbocycles. The molecule has 0 fully saturated rings. The predicted octanol–water partition coefficient (Wildman–Crippen LogP) is 14.6. The van der Waals surface area contributed by atoms with Gasteiger partial charge in [0.1, 0.15) is 13.2 Å². The quantitative estimate of drug-likeness (QED) is 0.0352. The van der Waals surface area contributed by atoms with Crippen molar-refractivity contribution in [2.75, 3.05) is 13.2 Å². The Morgan fingerprint density at radius 3 is 1.08 bits per heavy atom. The molecular weight excluding hydrogens is 661 g/mol. The van der Waals surface area contributed by atoms with Crippen LogP contribution in [0.2, 0.25) is 0 Å². The first-order valence-electron chi connectivity index (χ1n) is 23.3. The third kappa shape index (κ3) is 39.9. The van der Waals surface area contributed by atoms with Crippen molar-refractivity contribution in [2.45, 2.75) is 259 Å². The number of ether oxygens (including phenoxy) is 3. The number of rotatable bonds is 41. The number of carbonyl (C=O) groups is 3. The lowest BCUT2D eigenvalue weighted by atomic mass is 9.99. The summed E-state index contributed by atoms with van der Waals surface area (Å²) in [6.07, 6.45) is 38.0. The van der Waals surface area contributed by atoms with Crippen LogP contribution in [0.25, 0.3) is 0 Å². The molecule has 0 aliphatic carbocycles. The van der Waals surface area contributed by atoms with E-state index < -0.39 is 6.10 Å². The first kappa shape index (κ1) is 51.4. The van der Waals surface area contributed by atoms with Crippen molar-refractivity contribution in [1.29, 1.82) is 0 Å². The van der Waals surface area contributed by atoms with Crippen molar-refractivity contribution in [3.05, 3.63) is 0 Å². The average molecular weight is 751 g/mol. The van der Waals surface area contributed by atoms with E-state index >= 15 is 0 Å². The summed E-state index contributed by atoms with van der Waals surface area (Å²) < 4.78 is 16.7. The smallest absolute Gasteiger partial charge is 0.306 e. The van der Waals surface area contributed by atoms with E-state index in [2.05, 4.69) is 34.6 Å². The third-order valence-corrected chi connectivity index (χ3v) is 10.8. The monoisotopic (exact) mass is 751 g/mol. The van der Waals surface area contributed by atoms with Gasteiger partial charge in [-0.3, -0.25) is 14.4 Å². The predicted molar refractivity (Wildman–Crippen MR) is 224 cm³/mol. The minimum Gasteiger partial charge on any atom is -0.462 e. The zero-order chi connectivity index (χ0) is 39.0. The summed E-state index contributed by atoms with van der Waals surface area (Å²) in [5, 5.41) is 0. The SMILES string of the molecule is CCCCCCCCCCCCCCC(=O)OC[C@@H](COC(=O)CCCCCCCCCCC(C)CC)OC(=O)CCCCCCCCCCC(C)C. The lowest BCUT2D eigenvalue weighted by Crippen LogP contribution is -2.30. The fourth-order valence-corrected chi connectivity index (χ4v) is 6.90. The molecule has 53 heavy (non-hydrogen) atoms. The van der Waals surface area contributed by atoms with Crippen LogP contribution in [0.3, 0.4) is 0 Å². The topological polar surface area (TPSA) is 78.9 Å². The Balaban J connectivity index is 4.35. The van der Waals surface area contributed by atoms with Gasteiger partial charge in [0, 0.05) is 19.3 Å². The fraction of sp³-hybridized carbons (Fsp3) is 0.936. The molecular formula is C47H90O6. The number of carbonyl (C=O) groups excluding carboxylic acids is 3. The van der Waals surface area contributed by atoms with Gasteiger partial charge in [-0.1, -0.05) is 214 Å². The molecule has 0 rings (SSSR count). The summed E-state index contributed by atoms with van der Waals surface area (Å²) in [4.78, 5) is 37.7. The Morgan fingerprint density at radius 2 is 0.717 bits per heavy atom. The van der Waals surface area contributed by atoms with E-state index in [9.17, 15) is 14.4 Å². The van der Waals surface area contributed by atoms with E-state index in [4.69, 9.17) is 14.2 Å². The van der Waals surface area contributed by atoms with Crippen LogP contribution in [0.15, 0.2) is 0 Å². The Morgan fingerprint density at radius 1 is 0.396 bits per heavy atom. The van der Waals surface area contributed by atoms with E-state index in [0.717, 1.165) is 69.6 Å². The van der Waals surface area contributed by atoms with Crippen LogP contribution < -0.4 is 0 Å². The second-order valence-corrected chi connectivity index (χ2v) is 16.8. The molecule has 0 aromatic rings. The molecule has 0 aromatic heterocycles. The van der Waals surface area contributed by atoms with Crippen LogP contribution in [0.4, 0.5) is 0 Å². The Bertz CT molecular complexity index is 811. The van der Waals surface area contributed by atoms with E-state index in [0.29, 0.717) is 19.3 Å². The van der Waals surface area contributed by atoms with Gasteiger partial charge in [0.2, 0.25) is 0 Å². The zero-order valence-corrected chi connectivity index (χ0v) is 36.1. The maximum absolute atomic E-state index is 12.7. The second kappa shape index (κ2) is 40.1. The van der Waals surface area contributed by atoms with E-state index in [1.54, 1.807) is 0 Å². The summed E-state index contributed by atoms with van der Waals surface area (Å²) in [6.45, 7) is 11.3. The molecule has 0 bridgehead atoms. The molecule has 0 N–H and O–H groups in total. The van der Waals surface area contributed by atoms with Crippen LogP contribution >= 0.6 is 0 Å². The number of unbranched alkanes of at least 4 members (excludes halogenated alkanes) is 25. The van der Waals surface area contributed by atoms with Gasteiger partial charge in [0.15, 0.2) is 6.10 Å². The van der Waals surface area contributed by atoms with Crippen molar-refractivity contribution in [2.24, 2.45) is 11.8 Å². The molecule has 2 atom stereocenters. The van der Waals surface area contributed by atoms with Crippen LogP contribution in [-0.2, 0) is 28.6 Å². The van der Waals surface area contributed by atoms with Crippen molar-refractivity contribution in [3.8, 4) is 0 Å². The van der Waals surface area contributed by atoms with Crippen LogP contribution in [-0.4, -0.2) is 37.2 Å². The fourth-order valence-electron chi connectivity index (χ4n) is 6.90. The zero-order valence-electron chi connectivity index (χ0n) is 36.1. The Labute approximate surface area is 329 Å². The van der Waals surface area contributed by atoms with Crippen LogP contribution in [0.5, 0.6) is 0 Å². The van der Waals surface area contributed by atoms with Crippen LogP contribution in [0.1, 0.15) is 253 Å². The Kier molecular flexibility index (Phi) is 38.9. The van der Waals surface area contributed by atoms with E-state index in [-0.39, 0.29) is 31.1 Å². The lowest BCUT2D eigenvalue weighted by Gasteiger charge is -2.18. The minimum atomic E-state index is -0.761. The summed E-state index contributed by atoms with van der Waals surface area (Å²) >= 11 is 0. The Hall–Kier alpha value is -1.59. The molecule has 0 saturated heterocycles. The van der Waals surface area contributed by atoms with Gasteiger partial charge in [0.05, 0.1) is 0 Å². The van der Waals surface area contributed by atoms with Gasteiger partial charge in [-0.2, -0.15) is 0 Å². The van der Waals surface area contributed by atoms with Gasteiger partial charge >= 0.3 is 17.9 Å². The number of esters is 3. The highest BCUT2D eigenvalue weighted by atomic mass is 16.6. The standard InChI is InChI=1S/C47H90O6/c1-6-8-9-10-11-12-13-14-15-22-27-32-37-45(48)51-40-44(53-47(50)39-34-29-24-18-16-20-25-30-35-42(3)4)41-52-46(49)38-33-28-23-19-17-21-26-31-36-43(5)7-2/h42-44H,6-41H2,1-5H3/t43?,44-/m0/s1. The normalized spacial score (nSPS) is 12.6. The van der Waals surface area contributed by atoms with Gasteiger partial charge in [-0.15, -0.1) is 0 Å². The molecule has 1 unspecified atom stereocenters. The largest absolute Gasteiger partial charge is 0.462 e. The van der Waals surface area contributed by atoms with Gasteiger partial charge in [0.25, 0.3) is 0 Å². The molecule has 0 aliphatic heterocycles. The van der Waals surface area contributed by atoms with Gasteiger partial charge in [-0.05, 0) is 31.1 Å². The third-order valence-electron chi connectivity index (χ3n) is 10.8. The molecule has 0 saturated carbocycles. The maximum Gasteiger partial charge on any atom is 0.306 e. The molecule has 0 amide bonds. The lowest BCUT2D eigenvalue weighted by molar-refractivity contribution is -0.167. The van der Waals surface area contributed by atoms with Crippen LogP contribution in [0, 0.1) is 11.8 Å². The summed E-state index contributed by atoms with van der Waals surface area (Å²) in [6, 6.07) is 0. The van der Waals surface area contributed by atoms with E-state index in [1.807, 2.05) is 0 Å². The molecule has 0 radical (unpaired) electrons. The van der Waals surface area contributed by atoms with Gasteiger partial charge < -0.3 is 14.2 Å². The van der Waals surface area contributed by atoms with Crippen molar-refractivity contribution in [1.82, 2.24) is 0 Å². The highest BCUT2D eigenvalue weighted by Gasteiger charge is 2.19. The van der Waals surface area contributed by atoms with Crippen molar-refractivity contribution >= 4 is 17.9 Å². The van der Waals surface area contributed by atoms with Crippen molar-refractivity contribution < 1.29 is 28.6 Å².